The van der Waals surface area contributed by atoms with Crippen LogP contribution in [-0.2, 0) is 0 Å². The zero-order chi connectivity index (χ0) is 10.7. The first-order valence-corrected chi connectivity index (χ1v) is 6.29. The molecule has 0 radical (unpaired) electrons. The average molecular weight is 209 g/mol. The minimum atomic E-state index is 0.513. The molecule has 0 amide bonds. The fourth-order valence-electron chi connectivity index (χ4n) is 2.43. The molecule has 1 fully saturated rings. The molecule has 1 saturated carbocycles. The summed E-state index contributed by atoms with van der Waals surface area (Å²) in [6, 6.07) is 0.513. The summed E-state index contributed by atoms with van der Waals surface area (Å²) in [6.07, 6.45) is 5.58. The number of guanidine groups is 1. The maximum absolute atomic E-state index is 4.41. The highest BCUT2D eigenvalue weighted by molar-refractivity contribution is 5.81. The first-order chi connectivity index (χ1) is 7.24. The second-order valence-electron chi connectivity index (χ2n) is 5.24. The van der Waals surface area contributed by atoms with Crippen molar-refractivity contribution in [2.24, 2.45) is 16.8 Å². The van der Waals surface area contributed by atoms with Crippen LogP contribution in [-0.4, -0.2) is 25.1 Å². The Morgan fingerprint density at radius 2 is 2.00 bits per heavy atom. The van der Waals surface area contributed by atoms with Crippen LogP contribution in [0.25, 0.3) is 0 Å². The fourth-order valence-corrected chi connectivity index (χ4v) is 2.43. The summed E-state index contributed by atoms with van der Waals surface area (Å²) in [7, 11) is 0. The van der Waals surface area contributed by atoms with Crippen LogP contribution < -0.4 is 10.6 Å². The summed E-state index contributed by atoms with van der Waals surface area (Å²) in [6.45, 7) is 6.56. The molecule has 2 N–H and O–H groups in total. The first-order valence-electron chi connectivity index (χ1n) is 6.29. The predicted octanol–water partition coefficient (Wildman–Crippen LogP) is 1.75. The molecule has 1 aliphatic carbocycles. The van der Waals surface area contributed by atoms with Crippen LogP contribution in [0.5, 0.6) is 0 Å². The molecular weight excluding hydrogens is 186 g/mol. The van der Waals surface area contributed by atoms with Gasteiger partial charge in [0.1, 0.15) is 0 Å². The Hall–Kier alpha value is -0.730. The lowest BCUT2D eigenvalue weighted by Crippen LogP contribution is -2.40. The van der Waals surface area contributed by atoms with Gasteiger partial charge in [-0.05, 0) is 31.6 Å². The lowest BCUT2D eigenvalue weighted by molar-refractivity contribution is 0.289. The van der Waals surface area contributed by atoms with Crippen molar-refractivity contribution in [1.29, 1.82) is 0 Å². The van der Waals surface area contributed by atoms with Gasteiger partial charge in [0.15, 0.2) is 5.96 Å². The van der Waals surface area contributed by atoms with E-state index >= 15 is 0 Å². The molecule has 1 unspecified atom stereocenters. The molecule has 86 valence electrons. The van der Waals surface area contributed by atoms with Gasteiger partial charge in [0.2, 0.25) is 0 Å². The topological polar surface area (TPSA) is 36.4 Å². The van der Waals surface area contributed by atoms with E-state index in [1.165, 1.54) is 25.7 Å². The van der Waals surface area contributed by atoms with Crippen molar-refractivity contribution >= 4 is 5.96 Å². The first kappa shape index (κ1) is 10.8. The Morgan fingerprint density at radius 3 is 2.60 bits per heavy atom. The molecule has 15 heavy (non-hydrogen) atoms. The molecule has 0 bridgehead atoms. The number of rotatable bonds is 2. The second kappa shape index (κ2) is 4.86. The largest absolute Gasteiger partial charge is 0.356 e. The van der Waals surface area contributed by atoms with Crippen molar-refractivity contribution < 1.29 is 0 Å². The predicted molar refractivity (Wildman–Crippen MR) is 64.0 cm³/mol. The summed E-state index contributed by atoms with van der Waals surface area (Å²) in [5.74, 6) is 2.82. The molecule has 1 heterocycles. The molecule has 3 heteroatoms. The van der Waals surface area contributed by atoms with Crippen LogP contribution in [0, 0.1) is 11.8 Å². The average Bonchev–Trinajstić information content (AvgIpc) is 2.64. The van der Waals surface area contributed by atoms with E-state index < -0.39 is 0 Å². The zero-order valence-electron chi connectivity index (χ0n) is 9.92. The number of hydrogen-bond donors (Lipinski definition) is 2. The van der Waals surface area contributed by atoms with Crippen molar-refractivity contribution in [3.8, 4) is 0 Å². The molecule has 0 saturated heterocycles. The third-order valence-corrected chi connectivity index (χ3v) is 3.60. The maximum Gasteiger partial charge on any atom is 0.191 e. The maximum atomic E-state index is 4.41. The normalized spacial score (nSPS) is 35.9. The molecule has 2 aliphatic rings. The van der Waals surface area contributed by atoms with Gasteiger partial charge in [-0.2, -0.15) is 0 Å². The molecule has 1 atom stereocenters. The quantitative estimate of drug-likeness (QED) is 0.727. The van der Waals surface area contributed by atoms with Crippen molar-refractivity contribution in [3.05, 3.63) is 0 Å². The summed E-state index contributed by atoms with van der Waals surface area (Å²) >= 11 is 0. The number of aliphatic imine (C=N–C) groups is 1. The summed E-state index contributed by atoms with van der Waals surface area (Å²) in [5, 5.41) is 6.78. The fraction of sp³-hybridized carbons (Fsp3) is 0.917. The summed E-state index contributed by atoms with van der Waals surface area (Å²) < 4.78 is 0. The van der Waals surface area contributed by atoms with Crippen LogP contribution in [0.4, 0.5) is 0 Å². The molecule has 3 nitrogen and oxygen atoms in total. The number of hydrogen-bond acceptors (Lipinski definition) is 3. The minimum absolute atomic E-state index is 0.513. The van der Waals surface area contributed by atoms with Gasteiger partial charge in [-0.15, -0.1) is 0 Å². The van der Waals surface area contributed by atoms with Crippen molar-refractivity contribution in [1.82, 2.24) is 10.6 Å². The van der Waals surface area contributed by atoms with Gasteiger partial charge in [0.05, 0.1) is 6.54 Å². The van der Waals surface area contributed by atoms with Gasteiger partial charge in [-0.25, -0.2) is 0 Å². The van der Waals surface area contributed by atoms with Crippen LogP contribution in [0.2, 0.25) is 0 Å². The lowest BCUT2D eigenvalue weighted by Gasteiger charge is -2.26. The van der Waals surface area contributed by atoms with E-state index in [9.17, 15) is 0 Å². The molecule has 2 rings (SSSR count). The van der Waals surface area contributed by atoms with Gasteiger partial charge in [0, 0.05) is 12.6 Å². The Kier molecular flexibility index (Phi) is 3.49. The van der Waals surface area contributed by atoms with Gasteiger partial charge in [-0.3, -0.25) is 4.99 Å². The van der Waals surface area contributed by atoms with Gasteiger partial charge in [-0.1, -0.05) is 19.8 Å². The third-order valence-electron chi connectivity index (χ3n) is 3.60. The highest BCUT2D eigenvalue weighted by atomic mass is 15.2. The molecule has 0 aromatic heterocycles. The van der Waals surface area contributed by atoms with E-state index in [-0.39, 0.29) is 0 Å². The van der Waals surface area contributed by atoms with E-state index in [1.807, 2.05) is 0 Å². The lowest BCUT2D eigenvalue weighted by atomic mass is 9.83. The number of nitrogens with zero attached hydrogens (tertiary/aromatic N) is 1. The Morgan fingerprint density at radius 1 is 1.27 bits per heavy atom. The van der Waals surface area contributed by atoms with E-state index in [1.54, 1.807) is 0 Å². The molecule has 0 spiro atoms. The van der Waals surface area contributed by atoms with Gasteiger partial charge < -0.3 is 10.6 Å². The van der Waals surface area contributed by atoms with Gasteiger partial charge in [0.25, 0.3) is 0 Å². The molecule has 1 aliphatic heterocycles. The SMILES string of the molecule is CC1CCC(CNC2=NCC(C)N2)CC1. The Labute approximate surface area is 92.7 Å². The molecule has 0 aromatic carbocycles. The highest BCUT2D eigenvalue weighted by Gasteiger charge is 2.19. The van der Waals surface area contributed by atoms with E-state index in [4.69, 9.17) is 0 Å². The van der Waals surface area contributed by atoms with E-state index in [2.05, 4.69) is 29.5 Å². The number of nitrogens with one attached hydrogen (secondary N) is 2. The highest BCUT2D eigenvalue weighted by Crippen LogP contribution is 2.27. The van der Waals surface area contributed by atoms with Crippen molar-refractivity contribution in [2.45, 2.75) is 45.6 Å². The standard InChI is InChI=1S/C12H23N3/c1-9-3-5-11(6-4-9)8-14-12-13-7-10(2)15-12/h9-11H,3-8H2,1-2H3,(H2,13,14,15). The molecular formula is C12H23N3. The van der Waals surface area contributed by atoms with Crippen molar-refractivity contribution in [2.75, 3.05) is 13.1 Å². The van der Waals surface area contributed by atoms with E-state index in [0.29, 0.717) is 6.04 Å². The summed E-state index contributed by atoms with van der Waals surface area (Å²) in [4.78, 5) is 4.41. The van der Waals surface area contributed by atoms with Gasteiger partial charge >= 0.3 is 0 Å². The van der Waals surface area contributed by atoms with Crippen LogP contribution in [0.1, 0.15) is 39.5 Å². The minimum Gasteiger partial charge on any atom is -0.356 e. The smallest absolute Gasteiger partial charge is 0.191 e. The Balaban J connectivity index is 1.66. The van der Waals surface area contributed by atoms with Crippen LogP contribution in [0.3, 0.4) is 0 Å². The Bertz CT molecular complexity index is 229. The second-order valence-corrected chi connectivity index (χ2v) is 5.24. The zero-order valence-corrected chi connectivity index (χ0v) is 9.92. The molecule has 0 aromatic rings. The monoisotopic (exact) mass is 209 g/mol. The summed E-state index contributed by atoms with van der Waals surface area (Å²) in [5.41, 5.74) is 0. The van der Waals surface area contributed by atoms with Crippen LogP contribution >= 0.6 is 0 Å². The van der Waals surface area contributed by atoms with Crippen molar-refractivity contribution in [3.63, 3.8) is 0 Å². The van der Waals surface area contributed by atoms with E-state index in [0.717, 1.165) is 30.9 Å². The third kappa shape index (κ3) is 3.11. The van der Waals surface area contributed by atoms with Crippen LogP contribution in [0.15, 0.2) is 4.99 Å².